The van der Waals surface area contributed by atoms with Crippen LogP contribution in [-0.2, 0) is 11.3 Å². The van der Waals surface area contributed by atoms with Crippen molar-refractivity contribution in [1.29, 1.82) is 0 Å². The van der Waals surface area contributed by atoms with Crippen molar-refractivity contribution < 1.29 is 4.74 Å². The Bertz CT molecular complexity index is 1190. The maximum atomic E-state index is 11.3. The number of rotatable bonds is 5. The van der Waals surface area contributed by atoms with Crippen LogP contribution in [0.5, 0.6) is 0 Å². The van der Waals surface area contributed by atoms with Crippen LogP contribution in [0.25, 0.3) is 22.3 Å². The normalized spacial score (nSPS) is 14.8. The number of benzene rings is 1. The molecule has 0 bridgehead atoms. The second-order valence-corrected chi connectivity index (χ2v) is 7.32. The fourth-order valence-electron chi connectivity index (χ4n) is 3.63. The number of pyridine rings is 1. The Kier molecular flexibility index (Phi) is 5.00. The van der Waals surface area contributed by atoms with Gasteiger partial charge in [-0.3, -0.25) is 9.69 Å². The van der Waals surface area contributed by atoms with E-state index in [1.54, 1.807) is 12.3 Å². The highest BCUT2D eigenvalue weighted by Crippen LogP contribution is 2.28. The van der Waals surface area contributed by atoms with Crippen molar-refractivity contribution in [1.82, 2.24) is 24.8 Å². The van der Waals surface area contributed by atoms with Gasteiger partial charge in [0.05, 0.1) is 24.3 Å². The third-order valence-corrected chi connectivity index (χ3v) is 5.25. The average Bonchev–Trinajstić information content (AvgIpc) is 3.22. The number of morpholine rings is 1. The molecule has 1 fully saturated rings. The zero-order valence-electron chi connectivity index (χ0n) is 16.4. The van der Waals surface area contributed by atoms with Crippen molar-refractivity contribution in [2.24, 2.45) is 0 Å². The van der Waals surface area contributed by atoms with Crippen LogP contribution < -0.4 is 10.9 Å². The van der Waals surface area contributed by atoms with Gasteiger partial charge in [0.2, 0.25) is 5.56 Å². The van der Waals surface area contributed by atoms with E-state index in [1.807, 2.05) is 6.07 Å². The second kappa shape index (κ2) is 8.10. The van der Waals surface area contributed by atoms with Crippen LogP contribution >= 0.6 is 0 Å². The molecule has 3 N–H and O–H groups in total. The van der Waals surface area contributed by atoms with Crippen LogP contribution in [0.4, 0.5) is 11.5 Å². The van der Waals surface area contributed by atoms with Crippen molar-refractivity contribution in [2.45, 2.75) is 6.54 Å². The molecule has 8 heteroatoms. The van der Waals surface area contributed by atoms with Crippen LogP contribution in [0.2, 0.25) is 0 Å². The molecule has 0 atom stereocenters. The highest BCUT2D eigenvalue weighted by atomic mass is 16.5. The van der Waals surface area contributed by atoms with Gasteiger partial charge in [0.1, 0.15) is 17.8 Å². The topological polar surface area (TPSA) is 98.9 Å². The summed E-state index contributed by atoms with van der Waals surface area (Å²) in [7, 11) is 0. The molecular weight excluding hydrogens is 380 g/mol. The molecule has 0 unspecified atom stereocenters. The van der Waals surface area contributed by atoms with Gasteiger partial charge < -0.3 is 20.0 Å². The number of hydrogen-bond acceptors (Lipinski definition) is 6. The predicted octanol–water partition coefficient (Wildman–Crippen LogP) is 2.89. The minimum atomic E-state index is -0.144. The van der Waals surface area contributed by atoms with Gasteiger partial charge >= 0.3 is 0 Å². The quantitative estimate of drug-likeness (QED) is 0.475. The third kappa shape index (κ3) is 3.96. The van der Waals surface area contributed by atoms with E-state index in [2.05, 4.69) is 54.4 Å². The monoisotopic (exact) mass is 402 g/mol. The first-order valence-corrected chi connectivity index (χ1v) is 9.93. The molecule has 1 saturated heterocycles. The second-order valence-electron chi connectivity index (χ2n) is 7.32. The van der Waals surface area contributed by atoms with Gasteiger partial charge in [-0.15, -0.1) is 0 Å². The van der Waals surface area contributed by atoms with E-state index in [-0.39, 0.29) is 5.56 Å². The van der Waals surface area contributed by atoms with Crippen LogP contribution in [0, 0.1) is 0 Å². The molecule has 0 aliphatic carbocycles. The number of aromatic amines is 2. The lowest BCUT2D eigenvalue weighted by Crippen LogP contribution is -2.35. The van der Waals surface area contributed by atoms with Gasteiger partial charge in [0, 0.05) is 37.6 Å². The van der Waals surface area contributed by atoms with Crippen molar-refractivity contribution in [3.8, 4) is 11.3 Å². The summed E-state index contributed by atoms with van der Waals surface area (Å²) in [6.45, 7) is 4.52. The highest BCUT2D eigenvalue weighted by Gasteiger charge is 2.12. The summed E-state index contributed by atoms with van der Waals surface area (Å²) >= 11 is 0. The summed E-state index contributed by atoms with van der Waals surface area (Å²) in [6, 6.07) is 13.8. The van der Waals surface area contributed by atoms with Gasteiger partial charge in [-0.25, -0.2) is 9.97 Å². The number of fused-ring (bicyclic) bond motifs is 1. The lowest BCUT2D eigenvalue weighted by molar-refractivity contribution is 0.0342. The Morgan fingerprint density at radius 2 is 1.90 bits per heavy atom. The fourth-order valence-corrected chi connectivity index (χ4v) is 3.63. The summed E-state index contributed by atoms with van der Waals surface area (Å²) in [4.78, 5) is 28.4. The van der Waals surface area contributed by atoms with Crippen LogP contribution in [0.1, 0.15) is 5.56 Å². The summed E-state index contributed by atoms with van der Waals surface area (Å²) in [5.74, 6) is 0.679. The highest BCUT2D eigenvalue weighted by molar-refractivity contribution is 5.92. The molecule has 4 heterocycles. The molecule has 1 aromatic carbocycles. The first-order chi connectivity index (χ1) is 14.7. The number of anilines is 2. The molecule has 1 aliphatic heterocycles. The fraction of sp³-hybridized carbons (Fsp3) is 0.227. The summed E-state index contributed by atoms with van der Waals surface area (Å²) in [6.07, 6.45) is 3.14. The molecule has 152 valence electrons. The van der Waals surface area contributed by atoms with E-state index in [4.69, 9.17) is 4.74 Å². The first kappa shape index (κ1) is 18.5. The van der Waals surface area contributed by atoms with Crippen LogP contribution in [0.15, 0.2) is 59.8 Å². The number of nitrogens with zero attached hydrogens (tertiary/aromatic N) is 3. The molecule has 0 amide bonds. The third-order valence-electron chi connectivity index (χ3n) is 5.25. The Hall–Kier alpha value is -3.49. The van der Waals surface area contributed by atoms with Gasteiger partial charge in [-0.2, -0.15) is 0 Å². The first-order valence-electron chi connectivity index (χ1n) is 9.93. The largest absolute Gasteiger partial charge is 0.379 e. The molecule has 3 aromatic heterocycles. The van der Waals surface area contributed by atoms with E-state index < -0.39 is 0 Å². The predicted molar refractivity (Wildman–Crippen MR) is 116 cm³/mol. The molecule has 0 spiro atoms. The van der Waals surface area contributed by atoms with E-state index in [0.29, 0.717) is 5.82 Å². The van der Waals surface area contributed by atoms with E-state index in [1.165, 1.54) is 18.0 Å². The van der Waals surface area contributed by atoms with Gasteiger partial charge in [-0.05, 0) is 23.3 Å². The van der Waals surface area contributed by atoms with E-state index in [0.717, 1.165) is 60.8 Å². The Labute approximate surface area is 172 Å². The number of aromatic nitrogens is 4. The summed E-state index contributed by atoms with van der Waals surface area (Å²) < 4.78 is 5.42. The number of hydrogen-bond donors (Lipinski definition) is 3. The summed E-state index contributed by atoms with van der Waals surface area (Å²) in [5, 5.41) is 4.12. The van der Waals surface area contributed by atoms with Gasteiger partial charge in [0.15, 0.2) is 0 Å². The lowest BCUT2D eigenvalue weighted by atomic mass is 10.1. The minimum absolute atomic E-state index is 0.144. The van der Waals surface area contributed by atoms with Crippen molar-refractivity contribution in [3.05, 3.63) is 70.9 Å². The van der Waals surface area contributed by atoms with E-state index >= 15 is 0 Å². The minimum Gasteiger partial charge on any atom is -0.379 e. The SMILES string of the molecule is O=c1ccc(Nc2ncnc3[nH]c(-c4ccc(CN5CCOCC5)cc4)cc23)c[nH]1. The lowest BCUT2D eigenvalue weighted by Gasteiger charge is -2.26. The average molecular weight is 402 g/mol. The molecule has 0 saturated carbocycles. The van der Waals surface area contributed by atoms with Crippen molar-refractivity contribution >= 4 is 22.5 Å². The Morgan fingerprint density at radius 1 is 1.07 bits per heavy atom. The Morgan fingerprint density at radius 3 is 2.67 bits per heavy atom. The molecule has 1 aliphatic rings. The standard InChI is InChI=1S/C22H22N6O2/c29-20-6-5-17(12-23-20)26-21-18-11-19(27-22(18)25-14-24-21)16-3-1-15(2-4-16)13-28-7-9-30-10-8-28/h1-6,11-12,14H,7-10,13H2,(H,23,29)(H2,24,25,26,27). The number of nitrogens with one attached hydrogen (secondary N) is 3. The maximum Gasteiger partial charge on any atom is 0.248 e. The van der Waals surface area contributed by atoms with Gasteiger partial charge in [0.25, 0.3) is 0 Å². The number of ether oxygens (including phenoxy) is 1. The zero-order valence-corrected chi connectivity index (χ0v) is 16.4. The maximum absolute atomic E-state index is 11.3. The molecule has 8 nitrogen and oxygen atoms in total. The summed E-state index contributed by atoms with van der Waals surface area (Å²) in [5.41, 5.74) is 4.72. The Balaban J connectivity index is 1.38. The molecule has 5 rings (SSSR count). The zero-order chi connectivity index (χ0) is 20.3. The van der Waals surface area contributed by atoms with Crippen molar-refractivity contribution in [2.75, 3.05) is 31.6 Å². The molecule has 4 aromatic rings. The number of H-pyrrole nitrogens is 2. The van der Waals surface area contributed by atoms with Crippen molar-refractivity contribution in [3.63, 3.8) is 0 Å². The van der Waals surface area contributed by atoms with E-state index in [9.17, 15) is 4.79 Å². The smallest absolute Gasteiger partial charge is 0.248 e. The van der Waals surface area contributed by atoms with Crippen LogP contribution in [0.3, 0.4) is 0 Å². The van der Waals surface area contributed by atoms with Crippen LogP contribution in [-0.4, -0.2) is 51.1 Å². The molecule has 30 heavy (non-hydrogen) atoms. The molecule has 0 radical (unpaired) electrons. The molecular formula is C22H22N6O2. The van der Waals surface area contributed by atoms with Gasteiger partial charge in [-0.1, -0.05) is 24.3 Å².